The summed E-state index contributed by atoms with van der Waals surface area (Å²) in [5.41, 5.74) is 1.06. The molecule has 2 heterocycles. The van der Waals surface area contributed by atoms with Gasteiger partial charge in [0.05, 0.1) is 11.3 Å². The molecule has 0 spiro atoms. The van der Waals surface area contributed by atoms with Gasteiger partial charge in [-0.15, -0.1) is 0 Å². The van der Waals surface area contributed by atoms with Gasteiger partial charge in [-0.3, -0.25) is 14.5 Å². The number of alkyl halides is 3. The van der Waals surface area contributed by atoms with Gasteiger partial charge in [-0.2, -0.15) is 18.3 Å². The first-order valence-electron chi connectivity index (χ1n) is 7.10. The Kier molecular flexibility index (Phi) is 5.02. The van der Waals surface area contributed by atoms with E-state index in [0.717, 1.165) is 29.7 Å². The molecule has 0 fully saturated rings. The molecule has 23 heavy (non-hydrogen) atoms. The number of hydrogen-bond acceptors (Lipinski definition) is 3. The van der Waals surface area contributed by atoms with Crippen molar-refractivity contribution >= 4 is 5.91 Å². The van der Waals surface area contributed by atoms with Crippen LogP contribution in [0.4, 0.5) is 13.2 Å². The lowest BCUT2D eigenvalue weighted by Crippen LogP contribution is -2.25. The van der Waals surface area contributed by atoms with Crippen LogP contribution in [0.15, 0.2) is 24.4 Å². The molecular weight excluding hydrogens is 309 g/mol. The summed E-state index contributed by atoms with van der Waals surface area (Å²) in [4.78, 5) is 15.1. The zero-order valence-electron chi connectivity index (χ0n) is 12.8. The van der Waals surface area contributed by atoms with Gasteiger partial charge >= 0.3 is 6.18 Å². The number of carbonyl (C=O) groups excluding carboxylic acids is 1. The van der Waals surface area contributed by atoms with Crippen molar-refractivity contribution in [3.05, 3.63) is 47.0 Å². The summed E-state index contributed by atoms with van der Waals surface area (Å²) in [6.07, 6.45) is -2.91. The number of nitrogens with zero attached hydrogens (tertiary/aromatic N) is 3. The van der Waals surface area contributed by atoms with Gasteiger partial charge in [0.15, 0.2) is 0 Å². The molecular formula is C15H17F3N4O. The van der Waals surface area contributed by atoms with E-state index in [0.29, 0.717) is 19.5 Å². The second-order valence-electron chi connectivity index (χ2n) is 5.19. The number of rotatable bonds is 5. The van der Waals surface area contributed by atoms with Crippen molar-refractivity contribution < 1.29 is 18.0 Å². The Morgan fingerprint density at radius 1 is 1.30 bits per heavy atom. The maximum atomic E-state index is 12.4. The highest BCUT2D eigenvalue weighted by molar-refractivity contribution is 5.93. The normalized spacial score (nSPS) is 11.5. The molecule has 2 aromatic rings. The van der Waals surface area contributed by atoms with Gasteiger partial charge in [-0.25, -0.2) is 0 Å². The number of amides is 1. The van der Waals surface area contributed by atoms with Crippen LogP contribution in [0.2, 0.25) is 0 Å². The van der Waals surface area contributed by atoms with E-state index in [4.69, 9.17) is 0 Å². The van der Waals surface area contributed by atoms with Crippen LogP contribution in [0.25, 0.3) is 0 Å². The van der Waals surface area contributed by atoms with Crippen molar-refractivity contribution in [3.63, 3.8) is 0 Å². The molecule has 0 atom stereocenters. The standard InChI is InChI=1S/C15H17F3N4O/c1-10-8-11(2)22(21-10)7-3-6-19-14(23)12-4-5-13(20-9-12)15(16,17)18/h4-5,8-9H,3,6-7H2,1-2H3,(H,19,23). The summed E-state index contributed by atoms with van der Waals surface area (Å²) in [7, 11) is 0. The van der Waals surface area contributed by atoms with E-state index in [1.54, 1.807) is 0 Å². The van der Waals surface area contributed by atoms with Crippen molar-refractivity contribution in [2.24, 2.45) is 0 Å². The third-order valence-corrected chi connectivity index (χ3v) is 3.25. The summed E-state index contributed by atoms with van der Waals surface area (Å²) in [6, 6.07) is 3.88. The first-order chi connectivity index (χ1) is 10.8. The van der Waals surface area contributed by atoms with Crippen LogP contribution in [-0.4, -0.2) is 27.2 Å². The van der Waals surface area contributed by atoms with Crippen LogP contribution in [0, 0.1) is 13.8 Å². The Morgan fingerprint density at radius 2 is 2.04 bits per heavy atom. The van der Waals surface area contributed by atoms with E-state index in [1.807, 2.05) is 24.6 Å². The number of aromatic nitrogens is 3. The summed E-state index contributed by atoms with van der Waals surface area (Å²) >= 11 is 0. The van der Waals surface area contributed by atoms with Gasteiger partial charge in [-0.1, -0.05) is 0 Å². The van der Waals surface area contributed by atoms with Crippen LogP contribution in [0.1, 0.15) is 33.9 Å². The second kappa shape index (κ2) is 6.80. The van der Waals surface area contributed by atoms with Gasteiger partial charge in [0.2, 0.25) is 0 Å². The number of halogens is 3. The molecule has 0 aliphatic rings. The van der Waals surface area contributed by atoms with E-state index in [2.05, 4.69) is 15.4 Å². The SMILES string of the molecule is Cc1cc(C)n(CCCNC(=O)c2ccc(C(F)(F)F)nc2)n1. The molecule has 0 radical (unpaired) electrons. The van der Waals surface area contributed by atoms with Gasteiger partial charge in [0.1, 0.15) is 5.69 Å². The average Bonchev–Trinajstić information content (AvgIpc) is 2.80. The molecule has 1 amide bonds. The number of nitrogens with one attached hydrogen (secondary N) is 1. The quantitative estimate of drug-likeness (QED) is 0.860. The van der Waals surface area contributed by atoms with Gasteiger partial charge < -0.3 is 5.32 Å². The van der Waals surface area contributed by atoms with Crippen molar-refractivity contribution in [2.75, 3.05) is 6.54 Å². The summed E-state index contributed by atoms with van der Waals surface area (Å²) < 4.78 is 39.0. The van der Waals surface area contributed by atoms with E-state index >= 15 is 0 Å². The molecule has 0 saturated carbocycles. The maximum absolute atomic E-state index is 12.4. The first kappa shape index (κ1) is 17.0. The highest BCUT2D eigenvalue weighted by atomic mass is 19.4. The van der Waals surface area contributed by atoms with Crippen LogP contribution in [-0.2, 0) is 12.7 Å². The summed E-state index contributed by atoms with van der Waals surface area (Å²) in [6.45, 7) is 4.92. The van der Waals surface area contributed by atoms with Crippen molar-refractivity contribution in [1.82, 2.24) is 20.1 Å². The average molecular weight is 326 g/mol. The molecule has 124 valence electrons. The third kappa shape index (κ3) is 4.54. The Balaban J connectivity index is 1.82. The van der Waals surface area contributed by atoms with Crippen molar-refractivity contribution in [3.8, 4) is 0 Å². The molecule has 0 aliphatic heterocycles. The highest BCUT2D eigenvalue weighted by Gasteiger charge is 2.32. The number of pyridine rings is 1. The lowest BCUT2D eigenvalue weighted by molar-refractivity contribution is -0.141. The first-order valence-corrected chi connectivity index (χ1v) is 7.10. The highest BCUT2D eigenvalue weighted by Crippen LogP contribution is 2.27. The summed E-state index contributed by atoms with van der Waals surface area (Å²) in [5, 5.41) is 6.96. The molecule has 8 heteroatoms. The molecule has 2 aromatic heterocycles. The van der Waals surface area contributed by atoms with E-state index in [-0.39, 0.29) is 5.56 Å². The Labute approximate surface area is 131 Å². The minimum absolute atomic E-state index is 0.101. The van der Waals surface area contributed by atoms with Crippen LogP contribution < -0.4 is 5.32 Å². The Hall–Kier alpha value is -2.38. The minimum Gasteiger partial charge on any atom is -0.352 e. The zero-order valence-corrected chi connectivity index (χ0v) is 12.8. The van der Waals surface area contributed by atoms with Crippen LogP contribution in [0.5, 0.6) is 0 Å². The third-order valence-electron chi connectivity index (χ3n) is 3.25. The predicted molar refractivity (Wildman–Crippen MR) is 77.9 cm³/mol. The zero-order chi connectivity index (χ0) is 17.0. The number of carbonyl (C=O) groups is 1. The van der Waals surface area contributed by atoms with Crippen molar-refractivity contribution in [1.29, 1.82) is 0 Å². The summed E-state index contributed by atoms with van der Waals surface area (Å²) in [5.74, 6) is -0.445. The van der Waals surface area contributed by atoms with Gasteiger partial charge in [0, 0.05) is 25.0 Å². The molecule has 0 saturated heterocycles. The number of hydrogen-bond donors (Lipinski definition) is 1. The largest absolute Gasteiger partial charge is 0.433 e. The molecule has 0 aromatic carbocycles. The lowest BCUT2D eigenvalue weighted by atomic mass is 10.2. The molecule has 0 aliphatic carbocycles. The molecule has 0 unspecified atom stereocenters. The molecule has 1 N–H and O–H groups in total. The molecule has 5 nitrogen and oxygen atoms in total. The van der Waals surface area contributed by atoms with E-state index in [1.165, 1.54) is 0 Å². The predicted octanol–water partition coefficient (Wildman–Crippen LogP) is 2.73. The molecule has 2 rings (SSSR count). The van der Waals surface area contributed by atoms with Crippen LogP contribution in [0.3, 0.4) is 0 Å². The topological polar surface area (TPSA) is 59.8 Å². The number of aryl methyl sites for hydroxylation is 3. The van der Waals surface area contributed by atoms with Gasteiger partial charge in [0.25, 0.3) is 5.91 Å². The Morgan fingerprint density at radius 3 is 2.57 bits per heavy atom. The van der Waals surface area contributed by atoms with Crippen molar-refractivity contribution in [2.45, 2.75) is 33.0 Å². The maximum Gasteiger partial charge on any atom is 0.433 e. The van der Waals surface area contributed by atoms with Gasteiger partial charge in [-0.05, 0) is 38.5 Å². The second-order valence-corrected chi connectivity index (χ2v) is 5.19. The fourth-order valence-corrected chi connectivity index (χ4v) is 2.13. The lowest BCUT2D eigenvalue weighted by Gasteiger charge is -2.08. The fourth-order valence-electron chi connectivity index (χ4n) is 2.13. The Bertz CT molecular complexity index is 677. The molecule has 0 bridgehead atoms. The fraction of sp³-hybridized carbons (Fsp3) is 0.400. The minimum atomic E-state index is -4.51. The van der Waals surface area contributed by atoms with Crippen LogP contribution >= 0.6 is 0 Å². The van der Waals surface area contributed by atoms with E-state index < -0.39 is 17.8 Å². The van der Waals surface area contributed by atoms with E-state index in [9.17, 15) is 18.0 Å². The smallest absolute Gasteiger partial charge is 0.352 e. The monoisotopic (exact) mass is 326 g/mol.